The van der Waals surface area contributed by atoms with Crippen molar-refractivity contribution in [2.24, 2.45) is 0 Å². The maximum atomic E-state index is 12.8. The number of carbonyl (C=O) groups is 1. The number of nitrogens with one attached hydrogen (secondary N) is 1. The highest BCUT2D eigenvalue weighted by Crippen LogP contribution is 2.18. The van der Waals surface area contributed by atoms with Gasteiger partial charge in [0.2, 0.25) is 0 Å². The molecule has 0 aliphatic carbocycles. The van der Waals surface area contributed by atoms with Gasteiger partial charge in [-0.3, -0.25) is 0 Å². The normalized spacial score (nSPS) is 11.1. The third kappa shape index (κ3) is 2.13. The van der Waals surface area contributed by atoms with E-state index < -0.39 is 6.67 Å². The third-order valence-corrected chi connectivity index (χ3v) is 2.39. The molecule has 0 aliphatic heterocycles. The van der Waals surface area contributed by atoms with E-state index in [-0.39, 0.29) is 12.1 Å². The van der Waals surface area contributed by atoms with Crippen LogP contribution in [-0.4, -0.2) is 21.9 Å². The highest BCUT2D eigenvalue weighted by Gasteiger charge is 2.15. The molecule has 0 radical (unpaired) electrons. The van der Waals surface area contributed by atoms with Gasteiger partial charge in [-0.1, -0.05) is 18.2 Å². The number of aromatic nitrogens is 2. The number of hydrogen-bond acceptors (Lipinski definition) is 2. The Morgan fingerprint density at radius 3 is 2.82 bits per heavy atom. The van der Waals surface area contributed by atoms with Crippen LogP contribution in [0.4, 0.5) is 9.18 Å². The molecule has 1 heterocycles. The van der Waals surface area contributed by atoms with Gasteiger partial charge in [0.15, 0.2) is 0 Å². The second-order valence-corrected chi connectivity index (χ2v) is 4.11. The molecule has 1 aromatic heterocycles. The van der Waals surface area contributed by atoms with Crippen LogP contribution in [0, 0.1) is 0 Å². The molecule has 0 bridgehead atoms. The van der Waals surface area contributed by atoms with E-state index in [1.54, 1.807) is 24.3 Å². The lowest BCUT2D eigenvalue weighted by atomic mass is 10.2. The minimum Gasteiger partial charge on any atom is -0.334 e. The van der Waals surface area contributed by atoms with Crippen LogP contribution in [0.3, 0.4) is 0 Å². The summed E-state index contributed by atoms with van der Waals surface area (Å²) < 4.78 is 14.0. The van der Waals surface area contributed by atoms with Gasteiger partial charge in [-0.25, -0.2) is 9.18 Å². The van der Waals surface area contributed by atoms with E-state index in [0.29, 0.717) is 16.6 Å². The van der Waals surface area contributed by atoms with E-state index >= 15 is 0 Å². The number of alkyl halides is 1. The van der Waals surface area contributed by atoms with Gasteiger partial charge in [0.1, 0.15) is 12.4 Å². The standard InChI is InChI=1S/C12H14FN3O/c1-8(2)14-12(17)16-11-6-4-3-5-9(11)10(7-13)15-16/h3-6,8H,7H2,1-2H3,(H,14,17). The Hall–Kier alpha value is -1.91. The van der Waals surface area contributed by atoms with E-state index in [4.69, 9.17) is 0 Å². The minimum atomic E-state index is -0.678. The molecule has 4 nitrogen and oxygen atoms in total. The van der Waals surface area contributed by atoms with E-state index in [0.717, 1.165) is 0 Å². The summed E-state index contributed by atoms with van der Waals surface area (Å²) in [6.45, 7) is 3.04. The lowest BCUT2D eigenvalue weighted by molar-refractivity contribution is 0.238. The van der Waals surface area contributed by atoms with Crippen LogP contribution in [-0.2, 0) is 6.67 Å². The lowest BCUT2D eigenvalue weighted by Crippen LogP contribution is -2.34. The predicted octanol–water partition coefficient (Wildman–Crippen LogP) is 2.47. The van der Waals surface area contributed by atoms with Crippen LogP contribution >= 0.6 is 0 Å². The van der Waals surface area contributed by atoms with Crippen molar-refractivity contribution in [2.45, 2.75) is 26.6 Å². The fourth-order valence-corrected chi connectivity index (χ4v) is 1.69. The van der Waals surface area contributed by atoms with E-state index in [1.807, 2.05) is 13.8 Å². The Morgan fingerprint density at radius 2 is 2.18 bits per heavy atom. The molecule has 1 aromatic carbocycles. The largest absolute Gasteiger partial charge is 0.342 e. The van der Waals surface area contributed by atoms with Gasteiger partial charge in [0.05, 0.1) is 5.52 Å². The molecule has 0 saturated heterocycles. The minimum absolute atomic E-state index is 0.0132. The second kappa shape index (κ2) is 4.53. The lowest BCUT2D eigenvalue weighted by Gasteiger charge is -2.08. The van der Waals surface area contributed by atoms with Crippen molar-refractivity contribution in [3.8, 4) is 0 Å². The summed E-state index contributed by atoms with van der Waals surface area (Å²) >= 11 is 0. The molecular weight excluding hydrogens is 221 g/mol. The number of para-hydroxylation sites is 1. The Bertz CT molecular complexity index is 548. The van der Waals surface area contributed by atoms with Gasteiger partial charge >= 0.3 is 6.03 Å². The molecule has 0 spiro atoms. The van der Waals surface area contributed by atoms with Gasteiger partial charge in [-0.05, 0) is 19.9 Å². The molecule has 17 heavy (non-hydrogen) atoms. The zero-order valence-corrected chi connectivity index (χ0v) is 9.77. The summed E-state index contributed by atoms with van der Waals surface area (Å²) in [5.41, 5.74) is 0.915. The molecular formula is C12H14FN3O. The number of rotatable bonds is 2. The molecule has 0 saturated carbocycles. The fourth-order valence-electron chi connectivity index (χ4n) is 1.69. The number of fused-ring (bicyclic) bond motifs is 1. The molecule has 0 fully saturated rings. The van der Waals surface area contributed by atoms with E-state index in [9.17, 15) is 9.18 Å². The summed E-state index contributed by atoms with van der Waals surface area (Å²) in [6.07, 6.45) is 0. The smallest absolute Gasteiger partial charge is 0.334 e. The summed E-state index contributed by atoms with van der Waals surface area (Å²) in [6, 6.07) is 6.78. The summed E-state index contributed by atoms with van der Waals surface area (Å²) in [5, 5.41) is 7.39. The molecule has 0 aliphatic rings. The van der Waals surface area contributed by atoms with E-state index in [1.165, 1.54) is 4.68 Å². The molecule has 5 heteroatoms. The molecule has 0 atom stereocenters. The Balaban J connectivity index is 2.50. The summed E-state index contributed by atoms with van der Waals surface area (Å²) in [7, 11) is 0. The van der Waals surface area contributed by atoms with Gasteiger partial charge < -0.3 is 5.32 Å². The first-order chi connectivity index (χ1) is 8.13. The average Bonchev–Trinajstić information content (AvgIpc) is 2.67. The van der Waals surface area contributed by atoms with Gasteiger partial charge in [-0.2, -0.15) is 9.78 Å². The van der Waals surface area contributed by atoms with Crippen LogP contribution in [0.5, 0.6) is 0 Å². The Labute approximate surface area is 98.4 Å². The maximum Gasteiger partial charge on any atom is 0.342 e. The Morgan fingerprint density at radius 1 is 1.47 bits per heavy atom. The molecule has 90 valence electrons. The predicted molar refractivity (Wildman–Crippen MR) is 63.6 cm³/mol. The first kappa shape index (κ1) is 11.6. The van der Waals surface area contributed by atoms with Crippen LogP contribution in [0.25, 0.3) is 10.9 Å². The quantitative estimate of drug-likeness (QED) is 0.869. The molecule has 2 aromatic rings. The van der Waals surface area contributed by atoms with Crippen molar-refractivity contribution >= 4 is 16.9 Å². The topological polar surface area (TPSA) is 46.9 Å². The van der Waals surface area contributed by atoms with Crippen molar-refractivity contribution in [1.82, 2.24) is 15.1 Å². The first-order valence-corrected chi connectivity index (χ1v) is 5.47. The van der Waals surface area contributed by atoms with Crippen LogP contribution < -0.4 is 5.32 Å². The highest BCUT2D eigenvalue weighted by atomic mass is 19.1. The summed E-state index contributed by atoms with van der Waals surface area (Å²) in [4.78, 5) is 11.9. The SMILES string of the molecule is CC(C)NC(=O)n1nc(CF)c2ccccc21. The van der Waals surface area contributed by atoms with Crippen LogP contribution in [0.2, 0.25) is 0 Å². The van der Waals surface area contributed by atoms with Crippen LogP contribution in [0.15, 0.2) is 24.3 Å². The zero-order chi connectivity index (χ0) is 12.4. The van der Waals surface area contributed by atoms with Crippen molar-refractivity contribution in [1.29, 1.82) is 0 Å². The monoisotopic (exact) mass is 235 g/mol. The van der Waals surface area contributed by atoms with Crippen molar-refractivity contribution < 1.29 is 9.18 Å². The van der Waals surface area contributed by atoms with Gasteiger partial charge in [0.25, 0.3) is 0 Å². The number of nitrogens with zero attached hydrogens (tertiary/aromatic N) is 2. The van der Waals surface area contributed by atoms with Crippen LogP contribution in [0.1, 0.15) is 19.5 Å². The highest BCUT2D eigenvalue weighted by molar-refractivity contribution is 5.91. The van der Waals surface area contributed by atoms with Crippen molar-refractivity contribution in [3.05, 3.63) is 30.0 Å². The number of hydrogen-bond donors (Lipinski definition) is 1. The Kier molecular flexibility index (Phi) is 3.08. The molecule has 0 unspecified atom stereocenters. The second-order valence-electron chi connectivity index (χ2n) is 4.11. The maximum absolute atomic E-state index is 12.8. The molecule has 1 amide bonds. The van der Waals surface area contributed by atoms with Gasteiger partial charge in [-0.15, -0.1) is 0 Å². The van der Waals surface area contributed by atoms with Gasteiger partial charge in [0, 0.05) is 11.4 Å². The first-order valence-electron chi connectivity index (χ1n) is 5.47. The van der Waals surface area contributed by atoms with E-state index in [2.05, 4.69) is 10.4 Å². The number of carbonyl (C=O) groups excluding carboxylic acids is 1. The van der Waals surface area contributed by atoms with Crippen molar-refractivity contribution in [3.63, 3.8) is 0 Å². The number of halogens is 1. The molecule has 2 rings (SSSR count). The third-order valence-electron chi connectivity index (χ3n) is 2.39. The number of benzene rings is 1. The average molecular weight is 235 g/mol. The zero-order valence-electron chi connectivity index (χ0n) is 9.77. The number of amides is 1. The van der Waals surface area contributed by atoms with Crippen molar-refractivity contribution in [2.75, 3.05) is 0 Å². The fraction of sp³-hybridized carbons (Fsp3) is 0.333. The summed E-state index contributed by atoms with van der Waals surface area (Å²) in [5.74, 6) is 0. The molecule has 1 N–H and O–H groups in total.